The highest BCUT2D eigenvalue weighted by molar-refractivity contribution is 4.75. The predicted molar refractivity (Wildman–Crippen MR) is 174 cm³/mol. The molecule has 2 saturated heterocycles. The Balaban J connectivity index is 0.000000193. The minimum absolute atomic E-state index is 0.0214. The van der Waals surface area contributed by atoms with Gasteiger partial charge in [-0.2, -0.15) is 0 Å². The van der Waals surface area contributed by atoms with E-state index in [0.717, 1.165) is 62.8 Å². The summed E-state index contributed by atoms with van der Waals surface area (Å²) in [5, 5.41) is 9.20. The fraction of sp³-hybridized carbons (Fsp3) is 1.00. The molecule has 5 aliphatic rings. The minimum Gasteiger partial charge on any atom is -0.393 e. The number of hydrogen-bond acceptors (Lipinski definition) is 4. The lowest BCUT2D eigenvalue weighted by Gasteiger charge is -2.34. The third-order valence-electron chi connectivity index (χ3n) is 10.5. The van der Waals surface area contributed by atoms with Gasteiger partial charge in [-0.05, 0) is 94.7 Å². The summed E-state index contributed by atoms with van der Waals surface area (Å²) in [6.45, 7) is 18.6. The van der Waals surface area contributed by atoms with Crippen LogP contribution in [0.2, 0.25) is 0 Å². The lowest BCUT2D eigenvalue weighted by Crippen LogP contribution is -2.37. The van der Waals surface area contributed by atoms with Crippen LogP contribution in [-0.4, -0.2) is 73.5 Å². The molecule has 3 aliphatic carbocycles. The van der Waals surface area contributed by atoms with E-state index in [1.165, 1.54) is 135 Å². The summed E-state index contributed by atoms with van der Waals surface area (Å²) in [7, 11) is 0. The Morgan fingerprint density at radius 2 is 1.15 bits per heavy atom. The highest BCUT2D eigenvalue weighted by atomic mass is 16.5. The first kappa shape index (κ1) is 36.0. The highest BCUT2D eigenvalue weighted by Gasteiger charge is 2.21. The molecule has 5 fully saturated rings. The lowest BCUT2D eigenvalue weighted by atomic mass is 9.85. The van der Waals surface area contributed by atoms with Gasteiger partial charge >= 0.3 is 0 Å². The van der Waals surface area contributed by atoms with Crippen molar-refractivity contribution >= 4 is 0 Å². The molecule has 4 heteroatoms. The van der Waals surface area contributed by atoms with E-state index >= 15 is 0 Å². The number of rotatable bonds is 6. The Morgan fingerprint density at radius 1 is 0.600 bits per heavy atom. The normalized spacial score (nSPS) is 27.8. The molecule has 3 saturated carbocycles. The summed E-state index contributed by atoms with van der Waals surface area (Å²) in [6.07, 6.45) is 26.6. The summed E-state index contributed by atoms with van der Waals surface area (Å²) in [5.74, 6) is 4.03. The molecule has 0 aromatic heterocycles. The fourth-order valence-electron chi connectivity index (χ4n) is 7.33. The molecule has 2 aliphatic heterocycles. The van der Waals surface area contributed by atoms with Crippen LogP contribution in [0.3, 0.4) is 0 Å². The van der Waals surface area contributed by atoms with Crippen molar-refractivity contribution in [3.8, 4) is 0 Å². The van der Waals surface area contributed by atoms with Crippen LogP contribution in [0.15, 0.2) is 0 Å². The summed E-state index contributed by atoms with van der Waals surface area (Å²) in [6, 6.07) is 0. The van der Waals surface area contributed by atoms with Gasteiger partial charge < -0.3 is 14.7 Å². The Hall–Kier alpha value is -0.160. The van der Waals surface area contributed by atoms with Crippen LogP contribution in [0, 0.1) is 23.7 Å². The zero-order valence-corrected chi connectivity index (χ0v) is 27.7. The third-order valence-corrected chi connectivity index (χ3v) is 10.5. The predicted octanol–water partition coefficient (Wildman–Crippen LogP) is 8.95. The summed E-state index contributed by atoms with van der Waals surface area (Å²) in [4.78, 5) is 5.11. The van der Waals surface area contributed by atoms with Crippen molar-refractivity contribution in [3.63, 3.8) is 0 Å². The van der Waals surface area contributed by atoms with Gasteiger partial charge in [0.2, 0.25) is 0 Å². The van der Waals surface area contributed by atoms with Crippen molar-refractivity contribution in [2.24, 2.45) is 23.7 Å². The Bertz CT molecular complexity index is 521. The quantitative estimate of drug-likeness (QED) is 0.349. The molecule has 0 atom stereocenters. The fourth-order valence-corrected chi connectivity index (χ4v) is 7.33. The topological polar surface area (TPSA) is 35.9 Å². The molecule has 40 heavy (non-hydrogen) atoms. The number of aliphatic hydroxyl groups excluding tert-OH is 1. The van der Waals surface area contributed by atoms with Crippen molar-refractivity contribution < 1.29 is 9.84 Å². The van der Waals surface area contributed by atoms with Crippen LogP contribution < -0.4 is 0 Å². The minimum atomic E-state index is 0.0214. The number of ether oxygens (including phenoxy) is 1. The SMILES string of the molecule is CC1CCN(CC2CCCCC2)CC1.CCC1CCCCC1.CCCC1CCC(O)CC1.CCN1CCOCC1. The molecule has 2 heterocycles. The van der Waals surface area contributed by atoms with Crippen LogP contribution in [0.5, 0.6) is 0 Å². The van der Waals surface area contributed by atoms with Crippen molar-refractivity contribution in [3.05, 3.63) is 0 Å². The molecule has 0 radical (unpaired) electrons. The van der Waals surface area contributed by atoms with E-state index in [1.807, 2.05) is 0 Å². The van der Waals surface area contributed by atoms with Crippen molar-refractivity contribution in [1.29, 1.82) is 0 Å². The smallest absolute Gasteiger partial charge is 0.0594 e. The van der Waals surface area contributed by atoms with E-state index in [9.17, 15) is 5.11 Å². The average Bonchev–Trinajstić information content (AvgIpc) is 3.02. The van der Waals surface area contributed by atoms with Crippen molar-refractivity contribution in [2.75, 3.05) is 52.5 Å². The molecule has 0 unspecified atom stereocenters. The van der Waals surface area contributed by atoms with E-state index in [2.05, 4.69) is 37.5 Å². The Morgan fingerprint density at radius 3 is 1.60 bits per heavy atom. The number of likely N-dealkylation sites (N-methyl/N-ethyl adjacent to an activating group) is 1. The van der Waals surface area contributed by atoms with E-state index in [0.29, 0.717) is 0 Å². The van der Waals surface area contributed by atoms with E-state index in [-0.39, 0.29) is 6.10 Å². The van der Waals surface area contributed by atoms with E-state index in [1.54, 1.807) is 0 Å². The molecular weight excluding hydrogens is 492 g/mol. The maximum Gasteiger partial charge on any atom is 0.0594 e. The number of likely N-dealkylation sites (tertiary alicyclic amines) is 1. The van der Waals surface area contributed by atoms with Gasteiger partial charge in [-0.25, -0.2) is 0 Å². The standard InChI is InChI=1S/C13H25N.C9H18O.C8H16.C6H13NO/c1-12-7-9-14(10-8-12)11-13-5-3-2-4-6-13;1-2-3-8-4-6-9(10)7-5-8;1-2-8-6-4-3-5-7-8;1-2-7-3-5-8-6-4-7/h12-13H,2-11H2,1H3;8-10H,2-7H2,1H3;8H,2-7H2,1H3;2-6H2,1H3. The molecule has 0 amide bonds. The van der Waals surface area contributed by atoms with Crippen LogP contribution in [-0.2, 0) is 4.74 Å². The van der Waals surface area contributed by atoms with Crippen LogP contribution in [0.4, 0.5) is 0 Å². The third kappa shape index (κ3) is 17.1. The first-order valence-electron chi connectivity index (χ1n) is 18.2. The largest absolute Gasteiger partial charge is 0.393 e. The first-order valence-corrected chi connectivity index (χ1v) is 18.2. The van der Waals surface area contributed by atoms with Gasteiger partial charge in [0.25, 0.3) is 0 Å². The van der Waals surface area contributed by atoms with E-state index < -0.39 is 0 Å². The maximum absolute atomic E-state index is 9.20. The molecule has 0 aromatic carbocycles. The molecule has 5 rings (SSSR count). The monoisotopic (exact) mass is 565 g/mol. The zero-order valence-electron chi connectivity index (χ0n) is 27.7. The highest BCUT2D eigenvalue weighted by Crippen LogP contribution is 2.28. The van der Waals surface area contributed by atoms with Gasteiger partial charge in [0, 0.05) is 19.6 Å². The summed E-state index contributed by atoms with van der Waals surface area (Å²) < 4.78 is 5.16. The van der Waals surface area contributed by atoms with Gasteiger partial charge in [-0.15, -0.1) is 0 Å². The second-order valence-electron chi connectivity index (χ2n) is 13.9. The average molecular weight is 565 g/mol. The summed E-state index contributed by atoms with van der Waals surface area (Å²) in [5.41, 5.74) is 0. The first-order chi connectivity index (χ1) is 19.5. The van der Waals surface area contributed by atoms with Gasteiger partial charge in [-0.3, -0.25) is 4.90 Å². The molecule has 1 N–H and O–H groups in total. The van der Waals surface area contributed by atoms with Gasteiger partial charge in [0.15, 0.2) is 0 Å². The molecule has 238 valence electrons. The van der Waals surface area contributed by atoms with Gasteiger partial charge in [-0.1, -0.05) is 98.3 Å². The zero-order chi connectivity index (χ0) is 28.8. The maximum atomic E-state index is 9.20. The van der Waals surface area contributed by atoms with Crippen LogP contribution in [0.1, 0.15) is 150 Å². The van der Waals surface area contributed by atoms with Gasteiger partial charge in [0.1, 0.15) is 0 Å². The van der Waals surface area contributed by atoms with Crippen LogP contribution >= 0.6 is 0 Å². The molecule has 0 aromatic rings. The van der Waals surface area contributed by atoms with E-state index in [4.69, 9.17) is 4.74 Å². The molecule has 0 spiro atoms. The number of morpholine rings is 1. The Labute approximate surface area is 251 Å². The second kappa shape index (κ2) is 23.3. The van der Waals surface area contributed by atoms with Gasteiger partial charge in [0.05, 0.1) is 19.3 Å². The number of nitrogens with zero attached hydrogens (tertiary/aromatic N) is 2. The summed E-state index contributed by atoms with van der Waals surface area (Å²) >= 11 is 0. The molecule has 0 bridgehead atoms. The van der Waals surface area contributed by atoms with Crippen molar-refractivity contribution in [1.82, 2.24) is 9.80 Å². The lowest BCUT2D eigenvalue weighted by molar-refractivity contribution is 0.0405. The molecular formula is C36H72N2O2. The number of hydrogen-bond donors (Lipinski definition) is 1. The van der Waals surface area contributed by atoms with Crippen molar-refractivity contribution in [2.45, 2.75) is 156 Å². The van der Waals surface area contributed by atoms with Crippen LogP contribution in [0.25, 0.3) is 0 Å². The second-order valence-corrected chi connectivity index (χ2v) is 13.9. The Kier molecular flexibility index (Phi) is 21.0. The number of aliphatic hydroxyl groups is 1. The molecule has 4 nitrogen and oxygen atoms in total. The number of piperidine rings is 1.